The van der Waals surface area contributed by atoms with Crippen molar-refractivity contribution < 1.29 is 13.2 Å². The number of nitrogens with one attached hydrogen (secondary N) is 1. The van der Waals surface area contributed by atoms with E-state index in [0.717, 1.165) is 0 Å². The fourth-order valence-corrected chi connectivity index (χ4v) is 1.09. The van der Waals surface area contributed by atoms with E-state index >= 15 is 0 Å². The molecule has 76 valence electrons. The molecule has 2 atom stereocenters. The Balaban J connectivity index is 3.75. The molecule has 0 saturated carbocycles. The zero-order valence-electron chi connectivity index (χ0n) is 7.65. The van der Waals surface area contributed by atoms with Gasteiger partial charge in [0.15, 0.2) is 0 Å². The van der Waals surface area contributed by atoms with E-state index in [1.54, 1.807) is 6.92 Å². The van der Waals surface area contributed by atoms with Gasteiger partial charge in [-0.15, -0.1) is 0 Å². The van der Waals surface area contributed by atoms with Gasteiger partial charge in [0.05, 0.1) is 18.9 Å². The summed E-state index contributed by atoms with van der Waals surface area (Å²) >= 11 is 0. The van der Waals surface area contributed by atoms with Crippen molar-refractivity contribution >= 4 is 0 Å². The van der Waals surface area contributed by atoms with E-state index in [0.29, 0.717) is 0 Å². The molecule has 13 heavy (non-hydrogen) atoms. The second-order valence-corrected chi connectivity index (χ2v) is 3.15. The predicted molar refractivity (Wildman–Crippen MR) is 43.0 cm³/mol. The molecule has 2 unspecified atom stereocenters. The van der Waals surface area contributed by atoms with Crippen LogP contribution in [0, 0.1) is 11.3 Å². The molecule has 0 fully saturated rings. The van der Waals surface area contributed by atoms with E-state index < -0.39 is 18.6 Å². The van der Waals surface area contributed by atoms with E-state index in [9.17, 15) is 13.2 Å². The molecular formula is C8H13F3N2. The van der Waals surface area contributed by atoms with E-state index in [2.05, 4.69) is 5.32 Å². The minimum atomic E-state index is -4.14. The Morgan fingerprint density at radius 1 is 1.31 bits per heavy atom. The number of hydrogen-bond acceptors (Lipinski definition) is 2. The van der Waals surface area contributed by atoms with E-state index in [1.165, 1.54) is 6.92 Å². The highest BCUT2D eigenvalue weighted by Crippen LogP contribution is 2.21. The molecule has 0 spiro atoms. The first-order chi connectivity index (χ1) is 5.85. The molecule has 0 aromatic carbocycles. The number of hydrogen-bond donors (Lipinski definition) is 1. The fourth-order valence-electron chi connectivity index (χ4n) is 1.09. The summed E-state index contributed by atoms with van der Waals surface area (Å²) in [7, 11) is 0. The van der Waals surface area contributed by atoms with Gasteiger partial charge in [0.25, 0.3) is 0 Å². The molecule has 0 aromatic rings. The molecule has 0 aliphatic rings. The van der Waals surface area contributed by atoms with Crippen molar-refractivity contribution in [3.63, 3.8) is 0 Å². The molecule has 0 radical (unpaired) electrons. The summed E-state index contributed by atoms with van der Waals surface area (Å²) in [5, 5.41) is 11.0. The second kappa shape index (κ2) is 5.07. The van der Waals surface area contributed by atoms with Crippen LogP contribution in [-0.4, -0.2) is 18.3 Å². The zero-order chi connectivity index (χ0) is 10.5. The Bertz CT molecular complexity index is 183. The maximum absolute atomic E-state index is 11.8. The first-order valence-corrected chi connectivity index (χ1v) is 4.05. The van der Waals surface area contributed by atoms with Gasteiger partial charge in [0.2, 0.25) is 0 Å². The largest absolute Gasteiger partial charge is 0.390 e. The minimum Gasteiger partial charge on any atom is -0.310 e. The average Bonchev–Trinajstić information content (AvgIpc) is 1.81. The van der Waals surface area contributed by atoms with Gasteiger partial charge in [-0.2, -0.15) is 18.4 Å². The Morgan fingerprint density at radius 2 is 1.85 bits per heavy atom. The normalized spacial score (nSPS) is 16.3. The van der Waals surface area contributed by atoms with Gasteiger partial charge >= 0.3 is 6.18 Å². The van der Waals surface area contributed by atoms with Crippen molar-refractivity contribution in [2.45, 2.75) is 44.9 Å². The lowest BCUT2D eigenvalue weighted by Gasteiger charge is -2.19. The van der Waals surface area contributed by atoms with Gasteiger partial charge in [-0.05, 0) is 13.8 Å². The van der Waals surface area contributed by atoms with Crippen LogP contribution >= 0.6 is 0 Å². The Morgan fingerprint density at radius 3 is 2.23 bits per heavy atom. The van der Waals surface area contributed by atoms with Crippen LogP contribution in [0.25, 0.3) is 0 Å². The molecule has 1 N–H and O–H groups in total. The van der Waals surface area contributed by atoms with Crippen molar-refractivity contribution in [1.82, 2.24) is 5.32 Å². The molecule has 0 heterocycles. The summed E-state index contributed by atoms with van der Waals surface area (Å²) in [6, 6.07) is 1.06. The molecule has 5 heteroatoms. The number of rotatable bonds is 4. The molecule has 0 rings (SSSR count). The van der Waals surface area contributed by atoms with Crippen molar-refractivity contribution in [3.05, 3.63) is 0 Å². The van der Waals surface area contributed by atoms with Crippen LogP contribution in [0.2, 0.25) is 0 Å². The molecular weight excluding hydrogens is 181 g/mol. The molecule has 0 bridgehead atoms. The summed E-state index contributed by atoms with van der Waals surface area (Å²) < 4.78 is 35.5. The lowest BCUT2D eigenvalue weighted by molar-refractivity contribution is -0.139. The molecule has 0 aromatic heterocycles. The maximum Gasteiger partial charge on any atom is 0.390 e. The molecule has 0 amide bonds. The van der Waals surface area contributed by atoms with Gasteiger partial charge < -0.3 is 5.32 Å². The number of halogens is 3. The molecule has 0 saturated heterocycles. The number of nitrogens with zero attached hydrogens (tertiary/aromatic N) is 1. The lowest BCUT2D eigenvalue weighted by Crippen LogP contribution is -2.37. The van der Waals surface area contributed by atoms with Crippen molar-refractivity contribution in [3.8, 4) is 6.07 Å². The highest BCUT2D eigenvalue weighted by molar-refractivity contribution is 4.79. The monoisotopic (exact) mass is 194 g/mol. The maximum atomic E-state index is 11.8. The van der Waals surface area contributed by atoms with Crippen LogP contribution < -0.4 is 5.32 Å². The second-order valence-electron chi connectivity index (χ2n) is 3.15. The van der Waals surface area contributed by atoms with E-state index in [1.807, 2.05) is 6.07 Å². The van der Waals surface area contributed by atoms with Crippen LogP contribution in [0.15, 0.2) is 0 Å². The van der Waals surface area contributed by atoms with Gasteiger partial charge in [0, 0.05) is 12.1 Å². The third kappa shape index (κ3) is 7.60. The number of nitriles is 1. The van der Waals surface area contributed by atoms with E-state index in [-0.39, 0.29) is 12.5 Å². The standard InChI is InChI=1S/C8H13F3N2/c1-6(3-4-12)13-7(2)5-8(9,10)11/h6-7,13H,3,5H2,1-2H3. The van der Waals surface area contributed by atoms with Gasteiger partial charge in [0.1, 0.15) is 0 Å². The smallest absolute Gasteiger partial charge is 0.310 e. The Labute approximate surface area is 75.7 Å². The van der Waals surface area contributed by atoms with Crippen molar-refractivity contribution in [1.29, 1.82) is 5.26 Å². The summed E-state index contributed by atoms with van der Waals surface area (Å²) in [5.74, 6) is 0. The molecule has 2 nitrogen and oxygen atoms in total. The number of alkyl halides is 3. The van der Waals surface area contributed by atoms with Crippen molar-refractivity contribution in [2.24, 2.45) is 0 Å². The SMILES string of the molecule is CC(CC#N)NC(C)CC(F)(F)F. The topological polar surface area (TPSA) is 35.8 Å². The fraction of sp³-hybridized carbons (Fsp3) is 0.875. The van der Waals surface area contributed by atoms with E-state index in [4.69, 9.17) is 5.26 Å². The van der Waals surface area contributed by atoms with Gasteiger partial charge in [-0.1, -0.05) is 0 Å². The van der Waals surface area contributed by atoms with Gasteiger partial charge in [-0.3, -0.25) is 0 Å². The predicted octanol–water partition coefficient (Wildman–Crippen LogP) is 2.22. The van der Waals surface area contributed by atoms with Crippen LogP contribution in [0.4, 0.5) is 13.2 Å². The first-order valence-electron chi connectivity index (χ1n) is 4.05. The van der Waals surface area contributed by atoms with Crippen LogP contribution in [0.5, 0.6) is 0 Å². The minimum absolute atomic E-state index is 0.192. The summed E-state index contributed by atoms with van der Waals surface area (Å²) in [6.07, 6.45) is -4.77. The average molecular weight is 194 g/mol. The third-order valence-corrected chi connectivity index (χ3v) is 1.50. The third-order valence-electron chi connectivity index (χ3n) is 1.50. The van der Waals surface area contributed by atoms with Gasteiger partial charge in [-0.25, -0.2) is 0 Å². The van der Waals surface area contributed by atoms with Crippen LogP contribution in [-0.2, 0) is 0 Å². The Hall–Kier alpha value is -0.760. The zero-order valence-corrected chi connectivity index (χ0v) is 7.65. The highest BCUT2D eigenvalue weighted by atomic mass is 19.4. The highest BCUT2D eigenvalue weighted by Gasteiger charge is 2.30. The summed E-state index contributed by atoms with van der Waals surface area (Å²) in [4.78, 5) is 0. The molecule has 0 aliphatic heterocycles. The summed E-state index contributed by atoms with van der Waals surface area (Å²) in [5.41, 5.74) is 0. The van der Waals surface area contributed by atoms with Crippen molar-refractivity contribution in [2.75, 3.05) is 0 Å². The quantitative estimate of drug-likeness (QED) is 0.744. The lowest BCUT2D eigenvalue weighted by atomic mass is 10.2. The Kier molecular flexibility index (Phi) is 4.78. The van der Waals surface area contributed by atoms with Crippen LogP contribution in [0.1, 0.15) is 26.7 Å². The first kappa shape index (κ1) is 12.2. The van der Waals surface area contributed by atoms with Crippen LogP contribution in [0.3, 0.4) is 0 Å². The molecule has 0 aliphatic carbocycles. The summed E-state index contributed by atoms with van der Waals surface area (Å²) in [6.45, 7) is 3.15.